The second-order valence-corrected chi connectivity index (χ2v) is 6.24. The van der Waals surface area contributed by atoms with Gasteiger partial charge in [-0.05, 0) is 6.42 Å². The molecule has 0 bridgehead atoms. The van der Waals surface area contributed by atoms with Gasteiger partial charge in [-0.3, -0.25) is 9.59 Å². The molecule has 0 aromatic rings. The average molecular weight is 263 g/mol. The van der Waals surface area contributed by atoms with Gasteiger partial charge in [0.1, 0.15) is 6.54 Å². The Bertz CT molecular complexity index is 403. The maximum absolute atomic E-state index is 11.7. The van der Waals surface area contributed by atoms with Crippen molar-refractivity contribution in [1.82, 2.24) is 4.90 Å². The Morgan fingerprint density at radius 2 is 2.06 bits per heavy atom. The summed E-state index contributed by atoms with van der Waals surface area (Å²) in [5, 5.41) is 0. The Hall–Kier alpha value is -1.11. The minimum absolute atomic E-state index is 0.0598. The van der Waals surface area contributed by atoms with E-state index in [4.69, 9.17) is 0 Å². The van der Waals surface area contributed by atoms with Gasteiger partial charge in [-0.2, -0.15) is 0 Å². The topological polar surface area (TPSA) is 80.8 Å². The molecule has 0 N–H and O–H groups in total. The smallest absolute Gasteiger partial charge is 0.325 e. The molecule has 1 atom stereocenters. The standard InChI is InChI=1S/C10H17NO5S/c1-3-9(12)11(6-10(13)16-2)8-4-5-17(14,15)7-8/h8H,3-7H2,1-2H3/t8-/m1/s1. The highest BCUT2D eigenvalue weighted by atomic mass is 32.2. The van der Waals surface area contributed by atoms with Crippen LogP contribution in [-0.2, 0) is 24.2 Å². The zero-order chi connectivity index (χ0) is 13.1. The minimum atomic E-state index is -3.07. The number of esters is 1. The van der Waals surface area contributed by atoms with E-state index in [1.165, 1.54) is 12.0 Å². The summed E-state index contributed by atoms with van der Waals surface area (Å²) in [5.41, 5.74) is 0. The van der Waals surface area contributed by atoms with Gasteiger partial charge in [0, 0.05) is 12.5 Å². The summed E-state index contributed by atoms with van der Waals surface area (Å²) in [6.45, 7) is 1.50. The second kappa shape index (κ2) is 5.48. The third kappa shape index (κ3) is 3.69. The predicted octanol–water partition coefficient (Wildman–Crippen LogP) is -0.415. The van der Waals surface area contributed by atoms with Gasteiger partial charge in [-0.1, -0.05) is 6.92 Å². The molecule has 0 saturated carbocycles. The second-order valence-electron chi connectivity index (χ2n) is 4.01. The summed E-state index contributed by atoms with van der Waals surface area (Å²) in [5.74, 6) is -0.740. The molecule has 1 heterocycles. The van der Waals surface area contributed by atoms with Crippen molar-refractivity contribution >= 4 is 21.7 Å². The number of carbonyl (C=O) groups excluding carboxylic acids is 2. The summed E-state index contributed by atoms with van der Waals surface area (Å²) in [4.78, 5) is 24.2. The number of amides is 1. The van der Waals surface area contributed by atoms with Crippen LogP contribution in [0.1, 0.15) is 19.8 Å². The van der Waals surface area contributed by atoms with Crippen LogP contribution in [0.25, 0.3) is 0 Å². The van der Waals surface area contributed by atoms with E-state index >= 15 is 0 Å². The van der Waals surface area contributed by atoms with Gasteiger partial charge in [-0.25, -0.2) is 8.42 Å². The van der Waals surface area contributed by atoms with Crippen LogP contribution in [0.4, 0.5) is 0 Å². The Morgan fingerprint density at radius 1 is 1.41 bits per heavy atom. The lowest BCUT2D eigenvalue weighted by Crippen LogP contribution is -2.44. The van der Waals surface area contributed by atoms with Crippen molar-refractivity contribution in [2.75, 3.05) is 25.2 Å². The predicted molar refractivity (Wildman–Crippen MR) is 61.1 cm³/mol. The van der Waals surface area contributed by atoms with E-state index in [1.807, 2.05) is 0 Å². The average Bonchev–Trinajstić information content (AvgIpc) is 2.64. The molecule has 0 aromatic heterocycles. The van der Waals surface area contributed by atoms with Crippen LogP contribution in [0.2, 0.25) is 0 Å². The number of hydrogen-bond acceptors (Lipinski definition) is 5. The first-order chi connectivity index (χ1) is 7.89. The van der Waals surface area contributed by atoms with Gasteiger partial charge in [0.05, 0.1) is 18.6 Å². The first kappa shape index (κ1) is 14.0. The summed E-state index contributed by atoms with van der Waals surface area (Å²) >= 11 is 0. The quantitative estimate of drug-likeness (QED) is 0.644. The number of carbonyl (C=O) groups is 2. The van der Waals surface area contributed by atoms with Crippen LogP contribution >= 0.6 is 0 Å². The molecule has 1 saturated heterocycles. The van der Waals surface area contributed by atoms with Crippen LogP contribution in [-0.4, -0.2) is 56.4 Å². The molecule has 0 unspecified atom stereocenters. The van der Waals surface area contributed by atoms with Crippen molar-refractivity contribution in [3.05, 3.63) is 0 Å². The molecule has 0 aromatic carbocycles. The minimum Gasteiger partial charge on any atom is -0.468 e. The molecule has 1 aliphatic rings. The van der Waals surface area contributed by atoms with Crippen LogP contribution < -0.4 is 0 Å². The normalized spacial score (nSPS) is 22.1. The number of nitrogens with zero attached hydrogens (tertiary/aromatic N) is 1. The molecule has 98 valence electrons. The number of ether oxygens (including phenoxy) is 1. The number of methoxy groups -OCH3 is 1. The Balaban J connectivity index is 2.77. The molecule has 17 heavy (non-hydrogen) atoms. The van der Waals surface area contributed by atoms with Gasteiger partial charge in [0.25, 0.3) is 0 Å². The van der Waals surface area contributed by atoms with Gasteiger partial charge in [-0.15, -0.1) is 0 Å². The first-order valence-corrected chi connectivity index (χ1v) is 7.28. The lowest BCUT2D eigenvalue weighted by Gasteiger charge is -2.26. The number of hydrogen-bond donors (Lipinski definition) is 0. The van der Waals surface area contributed by atoms with Crippen LogP contribution in [0.3, 0.4) is 0 Å². The number of sulfone groups is 1. The molecule has 1 amide bonds. The SMILES string of the molecule is CCC(=O)N(CC(=O)OC)[C@@H]1CCS(=O)(=O)C1. The molecule has 1 rings (SSSR count). The van der Waals surface area contributed by atoms with Crippen molar-refractivity contribution in [3.63, 3.8) is 0 Å². The van der Waals surface area contributed by atoms with E-state index in [1.54, 1.807) is 6.92 Å². The van der Waals surface area contributed by atoms with Crippen molar-refractivity contribution in [1.29, 1.82) is 0 Å². The molecule has 7 heteroatoms. The highest BCUT2D eigenvalue weighted by Gasteiger charge is 2.35. The zero-order valence-corrected chi connectivity index (χ0v) is 10.8. The van der Waals surface area contributed by atoms with Crippen molar-refractivity contribution < 1.29 is 22.7 Å². The van der Waals surface area contributed by atoms with E-state index in [9.17, 15) is 18.0 Å². The highest BCUT2D eigenvalue weighted by molar-refractivity contribution is 7.91. The fourth-order valence-electron chi connectivity index (χ4n) is 1.85. The molecule has 0 radical (unpaired) electrons. The molecule has 6 nitrogen and oxygen atoms in total. The third-order valence-corrected chi connectivity index (χ3v) is 4.55. The monoisotopic (exact) mass is 263 g/mol. The fourth-order valence-corrected chi connectivity index (χ4v) is 3.58. The summed E-state index contributed by atoms with van der Waals surface area (Å²) < 4.78 is 27.2. The molecule has 1 fully saturated rings. The van der Waals surface area contributed by atoms with E-state index < -0.39 is 21.8 Å². The van der Waals surface area contributed by atoms with Gasteiger partial charge < -0.3 is 9.64 Å². The molecule has 0 spiro atoms. The van der Waals surface area contributed by atoms with E-state index in [-0.39, 0.29) is 30.4 Å². The van der Waals surface area contributed by atoms with Crippen molar-refractivity contribution in [2.45, 2.75) is 25.8 Å². The molecule has 0 aliphatic carbocycles. The fraction of sp³-hybridized carbons (Fsp3) is 0.800. The van der Waals surface area contributed by atoms with Crippen molar-refractivity contribution in [2.24, 2.45) is 0 Å². The van der Waals surface area contributed by atoms with E-state index in [0.29, 0.717) is 6.42 Å². The van der Waals surface area contributed by atoms with Crippen LogP contribution in [0.5, 0.6) is 0 Å². The molecular weight excluding hydrogens is 246 g/mol. The van der Waals surface area contributed by atoms with Gasteiger partial charge in [0.2, 0.25) is 5.91 Å². The largest absolute Gasteiger partial charge is 0.468 e. The Kier molecular flexibility index (Phi) is 4.50. The Labute approximate surface area is 101 Å². The molecular formula is C10H17NO5S. The molecule has 1 aliphatic heterocycles. The van der Waals surface area contributed by atoms with Gasteiger partial charge in [0.15, 0.2) is 9.84 Å². The van der Waals surface area contributed by atoms with Crippen LogP contribution in [0.15, 0.2) is 0 Å². The van der Waals surface area contributed by atoms with E-state index in [0.717, 1.165) is 0 Å². The van der Waals surface area contributed by atoms with Gasteiger partial charge >= 0.3 is 5.97 Å². The highest BCUT2D eigenvalue weighted by Crippen LogP contribution is 2.18. The third-order valence-electron chi connectivity index (χ3n) is 2.80. The summed E-state index contributed by atoms with van der Waals surface area (Å²) in [7, 11) is -1.83. The van der Waals surface area contributed by atoms with Crippen LogP contribution in [0, 0.1) is 0 Å². The zero-order valence-electron chi connectivity index (χ0n) is 10.0. The maximum Gasteiger partial charge on any atom is 0.325 e. The van der Waals surface area contributed by atoms with E-state index in [2.05, 4.69) is 4.74 Å². The Morgan fingerprint density at radius 3 is 2.47 bits per heavy atom. The lowest BCUT2D eigenvalue weighted by atomic mass is 10.2. The first-order valence-electron chi connectivity index (χ1n) is 5.46. The summed E-state index contributed by atoms with van der Waals surface area (Å²) in [6.07, 6.45) is 0.638. The summed E-state index contributed by atoms with van der Waals surface area (Å²) in [6, 6.07) is -0.397. The van der Waals surface area contributed by atoms with Crippen molar-refractivity contribution in [3.8, 4) is 0 Å². The maximum atomic E-state index is 11.7. The lowest BCUT2D eigenvalue weighted by molar-refractivity contribution is -0.148. The number of rotatable bonds is 4.